The fraction of sp³-hybridized carbons (Fsp3) is 0.278. The summed E-state index contributed by atoms with van der Waals surface area (Å²) in [5.74, 6) is -1.29. The quantitative estimate of drug-likeness (QED) is 0.875. The smallest absolute Gasteiger partial charge is 0.407 e. The minimum Gasteiger partial charge on any atom is -0.407 e. The van der Waals surface area contributed by atoms with Crippen LogP contribution in [0.5, 0.6) is 0 Å². The molecule has 5 heteroatoms. The molecule has 3 rings (SSSR count). The van der Waals surface area contributed by atoms with Gasteiger partial charge in [0.2, 0.25) is 0 Å². The number of fused-ring (bicyclic) bond motifs is 1. The second kappa shape index (κ2) is 5.87. The van der Waals surface area contributed by atoms with E-state index in [4.69, 9.17) is 21.1 Å². The van der Waals surface area contributed by atoms with Crippen molar-refractivity contribution < 1.29 is 14.3 Å². The molecule has 1 amide bonds. The summed E-state index contributed by atoms with van der Waals surface area (Å²) in [6.45, 7) is 5.80. The van der Waals surface area contributed by atoms with Gasteiger partial charge in [0.15, 0.2) is 0 Å². The number of halogens is 1. The van der Waals surface area contributed by atoms with E-state index >= 15 is 0 Å². The lowest BCUT2D eigenvalue weighted by molar-refractivity contribution is -0.200. The van der Waals surface area contributed by atoms with E-state index in [1.54, 1.807) is 12.1 Å². The van der Waals surface area contributed by atoms with Gasteiger partial charge in [-0.2, -0.15) is 0 Å². The molecule has 1 aliphatic rings. The van der Waals surface area contributed by atoms with Crippen molar-refractivity contribution in [2.24, 2.45) is 0 Å². The molecule has 0 saturated heterocycles. The van der Waals surface area contributed by atoms with Crippen LogP contribution in [0.4, 0.5) is 10.5 Å². The number of nitrogens with one attached hydrogen (secondary N) is 1. The summed E-state index contributed by atoms with van der Waals surface area (Å²) < 4.78 is 11.8. The van der Waals surface area contributed by atoms with Crippen molar-refractivity contribution in [2.75, 3.05) is 5.32 Å². The molecule has 1 aliphatic heterocycles. The average molecular weight is 332 g/mol. The van der Waals surface area contributed by atoms with Crippen molar-refractivity contribution in [1.82, 2.24) is 0 Å². The van der Waals surface area contributed by atoms with Gasteiger partial charge in [0, 0.05) is 10.6 Å². The van der Waals surface area contributed by atoms with Gasteiger partial charge < -0.3 is 9.47 Å². The Morgan fingerprint density at radius 3 is 2.52 bits per heavy atom. The van der Waals surface area contributed by atoms with E-state index in [0.717, 1.165) is 16.7 Å². The topological polar surface area (TPSA) is 47.6 Å². The third kappa shape index (κ3) is 2.92. The van der Waals surface area contributed by atoms with Crippen LogP contribution in [-0.4, -0.2) is 12.2 Å². The first kappa shape index (κ1) is 15.8. The van der Waals surface area contributed by atoms with Gasteiger partial charge in [0.1, 0.15) is 0 Å². The zero-order valence-electron chi connectivity index (χ0n) is 13.2. The first-order chi connectivity index (χ1) is 10.9. The molecule has 1 unspecified atom stereocenters. The summed E-state index contributed by atoms with van der Waals surface area (Å²) >= 11 is 5.99. The number of benzene rings is 2. The largest absolute Gasteiger partial charge is 0.414 e. The molecule has 120 valence electrons. The maximum absolute atomic E-state index is 12.1. The lowest BCUT2D eigenvalue weighted by Crippen LogP contribution is -2.44. The van der Waals surface area contributed by atoms with Crippen molar-refractivity contribution in [3.05, 3.63) is 64.2 Å². The van der Waals surface area contributed by atoms with E-state index in [2.05, 4.69) is 5.32 Å². The lowest BCUT2D eigenvalue weighted by Gasteiger charge is -2.39. The summed E-state index contributed by atoms with van der Waals surface area (Å²) in [6, 6.07) is 12.9. The highest BCUT2D eigenvalue weighted by molar-refractivity contribution is 6.30. The zero-order valence-corrected chi connectivity index (χ0v) is 14.0. The summed E-state index contributed by atoms with van der Waals surface area (Å²) in [5, 5.41) is 3.34. The van der Waals surface area contributed by atoms with Crippen LogP contribution in [0.25, 0.3) is 0 Å². The number of amides is 1. The van der Waals surface area contributed by atoms with Gasteiger partial charge in [-0.25, -0.2) is 4.79 Å². The number of hydrogen-bond acceptors (Lipinski definition) is 3. The SMILES string of the molecule is Cc1ccc2c(c1)C(OC(C)C)(c1ccc(Cl)cc1)OC(=O)N2. The minimum absolute atomic E-state index is 0.148. The Morgan fingerprint density at radius 2 is 1.87 bits per heavy atom. The van der Waals surface area contributed by atoms with Crippen LogP contribution in [0.2, 0.25) is 5.02 Å². The molecule has 1 N–H and O–H groups in total. The first-order valence-corrected chi connectivity index (χ1v) is 7.83. The highest BCUT2D eigenvalue weighted by Crippen LogP contribution is 2.43. The third-order valence-corrected chi connectivity index (χ3v) is 3.88. The van der Waals surface area contributed by atoms with E-state index in [9.17, 15) is 4.79 Å². The van der Waals surface area contributed by atoms with E-state index in [0.29, 0.717) is 10.7 Å². The maximum Gasteiger partial charge on any atom is 0.414 e. The first-order valence-electron chi connectivity index (χ1n) is 7.46. The number of anilines is 1. The predicted molar refractivity (Wildman–Crippen MR) is 89.7 cm³/mol. The van der Waals surface area contributed by atoms with Crippen molar-refractivity contribution in [1.29, 1.82) is 0 Å². The Bertz CT molecular complexity index is 742. The Hall–Kier alpha value is -2.04. The van der Waals surface area contributed by atoms with Crippen molar-refractivity contribution >= 4 is 23.4 Å². The van der Waals surface area contributed by atoms with Gasteiger partial charge in [-0.05, 0) is 45.0 Å². The molecular weight excluding hydrogens is 314 g/mol. The van der Waals surface area contributed by atoms with Crippen LogP contribution < -0.4 is 5.32 Å². The molecule has 1 atom stereocenters. The monoisotopic (exact) mass is 331 g/mol. The highest BCUT2D eigenvalue weighted by atomic mass is 35.5. The number of hydrogen-bond donors (Lipinski definition) is 1. The Morgan fingerprint density at radius 1 is 1.17 bits per heavy atom. The van der Waals surface area contributed by atoms with E-state index in [1.165, 1.54) is 0 Å². The molecule has 23 heavy (non-hydrogen) atoms. The second-order valence-corrected chi connectivity index (χ2v) is 6.29. The van der Waals surface area contributed by atoms with Gasteiger partial charge in [0.05, 0.1) is 17.4 Å². The fourth-order valence-electron chi connectivity index (χ4n) is 2.73. The second-order valence-electron chi connectivity index (χ2n) is 5.85. The Balaban J connectivity index is 2.25. The van der Waals surface area contributed by atoms with E-state index < -0.39 is 11.9 Å². The Kier molecular flexibility index (Phi) is 4.04. The number of carbonyl (C=O) groups excluding carboxylic acids is 1. The lowest BCUT2D eigenvalue weighted by atomic mass is 9.93. The molecule has 1 heterocycles. The number of ether oxygens (including phenoxy) is 2. The molecule has 2 aromatic carbocycles. The van der Waals surface area contributed by atoms with Crippen LogP contribution in [-0.2, 0) is 15.3 Å². The van der Waals surface area contributed by atoms with Crippen molar-refractivity contribution in [2.45, 2.75) is 32.7 Å². The van der Waals surface area contributed by atoms with Crippen molar-refractivity contribution in [3.63, 3.8) is 0 Å². The van der Waals surface area contributed by atoms with Crippen LogP contribution in [0.3, 0.4) is 0 Å². The van der Waals surface area contributed by atoms with E-state index in [-0.39, 0.29) is 6.10 Å². The molecule has 0 aliphatic carbocycles. The van der Waals surface area contributed by atoms with Gasteiger partial charge in [0.25, 0.3) is 5.79 Å². The minimum atomic E-state index is -1.29. The summed E-state index contributed by atoms with van der Waals surface area (Å²) in [6.07, 6.45) is -0.693. The van der Waals surface area contributed by atoms with Gasteiger partial charge in [-0.3, -0.25) is 5.32 Å². The highest BCUT2D eigenvalue weighted by Gasteiger charge is 2.46. The number of cyclic esters (lactones) is 1. The van der Waals surface area contributed by atoms with Crippen LogP contribution in [0, 0.1) is 6.92 Å². The summed E-state index contributed by atoms with van der Waals surface area (Å²) in [5.41, 5.74) is 3.22. The number of carbonyl (C=O) groups is 1. The molecule has 0 spiro atoms. The molecule has 0 bridgehead atoms. The predicted octanol–water partition coefficient (Wildman–Crippen LogP) is 4.84. The zero-order chi connectivity index (χ0) is 16.6. The summed E-state index contributed by atoms with van der Waals surface area (Å²) in [7, 11) is 0. The molecule has 0 fully saturated rings. The Labute approximate surface area is 140 Å². The van der Waals surface area contributed by atoms with Gasteiger partial charge >= 0.3 is 6.09 Å². The number of rotatable bonds is 3. The fourth-order valence-corrected chi connectivity index (χ4v) is 2.86. The van der Waals surface area contributed by atoms with Gasteiger partial charge in [-0.1, -0.05) is 35.4 Å². The maximum atomic E-state index is 12.1. The van der Waals surface area contributed by atoms with Gasteiger partial charge in [-0.15, -0.1) is 0 Å². The molecule has 4 nitrogen and oxygen atoms in total. The van der Waals surface area contributed by atoms with Crippen LogP contribution in [0.1, 0.15) is 30.5 Å². The molecule has 0 radical (unpaired) electrons. The molecule has 0 aromatic heterocycles. The van der Waals surface area contributed by atoms with Crippen molar-refractivity contribution in [3.8, 4) is 0 Å². The molecule has 0 saturated carbocycles. The average Bonchev–Trinajstić information content (AvgIpc) is 2.48. The normalized spacial score (nSPS) is 20.0. The summed E-state index contributed by atoms with van der Waals surface area (Å²) in [4.78, 5) is 12.1. The van der Waals surface area contributed by atoms with E-state index in [1.807, 2.05) is 51.1 Å². The standard InChI is InChI=1S/C18H18ClNO3/c1-11(2)22-18(13-5-7-14(19)8-6-13)15-10-12(3)4-9-16(15)20-17(21)23-18/h4-11H,1-3H3,(H,20,21). The molecule has 2 aromatic rings. The number of aryl methyl sites for hydroxylation is 1. The van der Waals surface area contributed by atoms with Crippen LogP contribution in [0.15, 0.2) is 42.5 Å². The van der Waals surface area contributed by atoms with Crippen LogP contribution >= 0.6 is 11.6 Å². The third-order valence-electron chi connectivity index (χ3n) is 3.63. The molecular formula is C18H18ClNO3.